The van der Waals surface area contributed by atoms with Crippen LogP contribution in [0.4, 0.5) is 0 Å². The molecule has 44 valence electrons. The van der Waals surface area contributed by atoms with Crippen LogP contribution in [0.5, 0.6) is 0 Å². The Bertz CT molecular complexity index is 41.4. The standard InChI is InChI=1S/C2H6S.CH5N3/c1-2-3;2-1(3)4/h3H,2H2,1H3;(H5,2,3,4). The maximum absolute atomic E-state index is 6.06. The smallest absolute Gasteiger partial charge is 0.183 e. The number of rotatable bonds is 0. The summed E-state index contributed by atoms with van der Waals surface area (Å²) in [7, 11) is 0. The first-order chi connectivity index (χ1) is 3.15. The predicted molar refractivity (Wildman–Crippen MR) is 35.6 cm³/mol. The van der Waals surface area contributed by atoms with Gasteiger partial charge in [-0.1, -0.05) is 6.92 Å². The molecular formula is C3H11N3S. The Morgan fingerprint density at radius 1 is 1.71 bits per heavy atom. The zero-order valence-electron chi connectivity index (χ0n) is 4.31. The van der Waals surface area contributed by atoms with Crippen LogP contribution < -0.4 is 11.5 Å². The molecule has 0 radical (unpaired) electrons. The molecule has 0 saturated carbocycles. The highest BCUT2D eigenvalue weighted by Gasteiger charge is 1.52. The second-order valence-corrected chi connectivity index (χ2v) is 1.40. The first-order valence-corrected chi connectivity index (χ1v) is 2.48. The van der Waals surface area contributed by atoms with E-state index in [0.29, 0.717) is 0 Å². The van der Waals surface area contributed by atoms with Gasteiger partial charge in [-0.25, -0.2) is 0 Å². The molecule has 5 N–H and O–H groups in total. The third-order valence-corrected chi connectivity index (χ3v) is 0. The number of hydrogen-bond acceptors (Lipinski definition) is 2. The van der Waals surface area contributed by atoms with E-state index in [0.717, 1.165) is 5.75 Å². The molecular weight excluding hydrogens is 110 g/mol. The van der Waals surface area contributed by atoms with Gasteiger partial charge in [0.05, 0.1) is 0 Å². The second-order valence-electron chi connectivity index (χ2n) is 0.772. The molecule has 0 atom stereocenters. The molecule has 7 heavy (non-hydrogen) atoms. The minimum atomic E-state index is -0.333. The number of guanidine groups is 1. The van der Waals surface area contributed by atoms with E-state index in [-0.39, 0.29) is 5.96 Å². The summed E-state index contributed by atoms with van der Waals surface area (Å²) in [6.45, 7) is 1.99. The average Bonchev–Trinajstić information content (AvgIpc) is 1.33. The molecule has 0 fully saturated rings. The SMILES string of the molecule is CCS.N=C(N)N. The Hall–Kier alpha value is -0.380. The quantitative estimate of drug-likeness (QED) is 0.203. The maximum atomic E-state index is 6.06. The number of hydrogen-bond donors (Lipinski definition) is 4. The van der Waals surface area contributed by atoms with Crippen LogP contribution in [-0.4, -0.2) is 11.7 Å². The fourth-order valence-electron chi connectivity index (χ4n) is 0. The van der Waals surface area contributed by atoms with Crippen molar-refractivity contribution < 1.29 is 0 Å². The Morgan fingerprint density at radius 2 is 1.71 bits per heavy atom. The molecule has 0 spiro atoms. The molecule has 0 aliphatic rings. The third kappa shape index (κ3) is 510. The molecule has 0 saturated heterocycles. The van der Waals surface area contributed by atoms with Crippen molar-refractivity contribution in [2.75, 3.05) is 5.75 Å². The molecule has 0 aromatic carbocycles. The van der Waals surface area contributed by atoms with Crippen molar-refractivity contribution in [3.05, 3.63) is 0 Å². The van der Waals surface area contributed by atoms with Gasteiger partial charge >= 0.3 is 0 Å². The zero-order valence-corrected chi connectivity index (χ0v) is 5.20. The summed E-state index contributed by atoms with van der Waals surface area (Å²) in [4.78, 5) is 0. The van der Waals surface area contributed by atoms with Crippen LogP contribution in [0, 0.1) is 5.41 Å². The number of nitrogens with one attached hydrogen (secondary N) is 1. The summed E-state index contributed by atoms with van der Waals surface area (Å²) in [5.41, 5.74) is 8.94. The molecule has 0 aromatic rings. The van der Waals surface area contributed by atoms with Gasteiger partial charge in [0.15, 0.2) is 5.96 Å². The highest BCUT2D eigenvalue weighted by atomic mass is 32.1. The molecule has 0 heterocycles. The summed E-state index contributed by atoms with van der Waals surface area (Å²) in [5, 5.41) is 6.06. The number of nitrogens with two attached hydrogens (primary N) is 2. The molecule has 3 nitrogen and oxygen atoms in total. The van der Waals surface area contributed by atoms with Gasteiger partial charge in [-0.2, -0.15) is 12.6 Å². The van der Waals surface area contributed by atoms with E-state index in [1.165, 1.54) is 0 Å². The van der Waals surface area contributed by atoms with Crippen molar-refractivity contribution in [3.8, 4) is 0 Å². The van der Waals surface area contributed by atoms with Gasteiger partial charge in [-0.3, -0.25) is 5.41 Å². The third-order valence-electron chi connectivity index (χ3n) is 0. The van der Waals surface area contributed by atoms with Gasteiger partial charge in [0, 0.05) is 0 Å². The largest absolute Gasteiger partial charge is 0.370 e. The highest BCUT2D eigenvalue weighted by Crippen LogP contribution is 1.58. The summed E-state index contributed by atoms with van der Waals surface area (Å²) < 4.78 is 0. The predicted octanol–water partition coefficient (Wildman–Crippen LogP) is -0.225. The Morgan fingerprint density at radius 3 is 1.71 bits per heavy atom. The lowest BCUT2D eigenvalue weighted by Gasteiger charge is -1.69. The molecule has 0 bridgehead atoms. The Balaban J connectivity index is 0. The van der Waals surface area contributed by atoms with Crippen molar-refractivity contribution in [2.45, 2.75) is 6.92 Å². The zero-order chi connectivity index (χ0) is 6.28. The summed E-state index contributed by atoms with van der Waals surface area (Å²) in [6.07, 6.45) is 0. The molecule has 0 rings (SSSR count). The molecule has 0 amide bonds. The fourth-order valence-corrected chi connectivity index (χ4v) is 0. The fraction of sp³-hybridized carbons (Fsp3) is 0.667. The lowest BCUT2D eigenvalue weighted by Crippen LogP contribution is -2.20. The molecule has 0 unspecified atom stereocenters. The first-order valence-electron chi connectivity index (χ1n) is 1.85. The van der Waals surface area contributed by atoms with E-state index in [2.05, 4.69) is 24.1 Å². The van der Waals surface area contributed by atoms with E-state index in [1.807, 2.05) is 6.92 Å². The summed E-state index contributed by atoms with van der Waals surface area (Å²) in [5.74, 6) is 0.611. The minimum absolute atomic E-state index is 0.333. The summed E-state index contributed by atoms with van der Waals surface area (Å²) in [6, 6.07) is 0. The highest BCUT2D eigenvalue weighted by molar-refractivity contribution is 7.80. The topological polar surface area (TPSA) is 75.9 Å². The van der Waals surface area contributed by atoms with Crippen molar-refractivity contribution in [1.82, 2.24) is 0 Å². The molecule has 0 aromatic heterocycles. The van der Waals surface area contributed by atoms with Gasteiger partial charge in [0.1, 0.15) is 0 Å². The Labute approximate surface area is 49.0 Å². The monoisotopic (exact) mass is 121 g/mol. The van der Waals surface area contributed by atoms with Crippen LogP contribution in [0.3, 0.4) is 0 Å². The van der Waals surface area contributed by atoms with Crippen molar-refractivity contribution in [3.63, 3.8) is 0 Å². The van der Waals surface area contributed by atoms with Crippen LogP contribution in [0.2, 0.25) is 0 Å². The molecule has 0 aliphatic heterocycles. The second kappa shape index (κ2) is 9.15. The van der Waals surface area contributed by atoms with Crippen LogP contribution in [-0.2, 0) is 0 Å². The van der Waals surface area contributed by atoms with Gasteiger partial charge in [-0.15, -0.1) is 0 Å². The molecule has 0 aliphatic carbocycles. The van der Waals surface area contributed by atoms with Crippen molar-refractivity contribution in [1.29, 1.82) is 5.41 Å². The number of thiol groups is 1. The van der Waals surface area contributed by atoms with Crippen molar-refractivity contribution in [2.24, 2.45) is 11.5 Å². The normalized spacial score (nSPS) is 6.00. The van der Waals surface area contributed by atoms with Crippen LogP contribution in [0.25, 0.3) is 0 Å². The van der Waals surface area contributed by atoms with Gasteiger partial charge in [0.2, 0.25) is 0 Å². The minimum Gasteiger partial charge on any atom is -0.370 e. The van der Waals surface area contributed by atoms with Crippen LogP contribution in [0.1, 0.15) is 6.92 Å². The molecule has 4 heteroatoms. The lowest BCUT2D eigenvalue weighted by atomic mass is 11.0. The van der Waals surface area contributed by atoms with E-state index in [9.17, 15) is 0 Å². The van der Waals surface area contributed by atoms with E-state index < -0.39 is 0 Å². The summed E-state index contributed by atoms with van der Waals surface area (Å²) >= 11 is 3.79. The average molecular weight is 121 g/mol. The Kier molecular flexibility index (Phi) is 12.8. The van der Waals surface area contributed by atoms with E-state index >= 15 is 0 Å². The first kappa shape index (κ1) is 9.80. The van der Waals surface area contributed by atoms with E-state index in [1.54, 1.807) is 0 Å². The van der Waals surface area contributed by atoms with Crippen molar-refractivity contribution >= 4 is 18.6 Å². The van der Waals surface area contributed by atoms with Crippen LogP contribution >= 0.6 is 12.6 Å². The van der Waals surface area contributed by atoms with Gasteiger partial charge < -0.3 is 11.5 Å². The van der Waals surface area contributed by atoms with Crippen LogP contribution in [0.15, 0.2) is 0 Å². The van der Waals surface area contributed by atoms with Gasteiger partial charge in [0.25, 0.3) is 0 Å². The maximum Gasteiger partial charge on any atom is 0.183 e. The van der Waals surface area contributed by atoms with Gasteiger partial charge in [-0.05, 0) is 5.75 Å². The lowest BCUT2D eigenvalue weighted by molar-refractivity contribution is 1.39. The van der Waals surface area contributed by atoms with E-state index in [4.69, 9.17) is 5.41 Å².